The number of thiophene rings is 1. The van der Waals surface area contributed by atoms with Gasteiger partial charge in [0.05, 0.1) is 3.79 Å². The van der Waals surface area contributed by atoms with Crippen molar-refractivity contribution in [2.24, 2.45) is 0 Å². The molecule has 0 atom stereocenters. The average molecular weight is 369 g/mol. The van der Waals surface area contributed by atoms with Crippen molar-refractivity contribution < 1.29 is 8.42 Å². The third-order valence-electron chi connectivity index (χ3n) is 2.63. The minimum atomic E-state index is -3.48. The Balaban J connectivity index is 3.00. The SMILES string of the molecule is CCCC(C)(C)NS(=O)(=O)c1cc(CNC)sc1Br. The maximum atomic E-state index is 12.4. The van der Waals surface area contributed by atoms with Gasteiger partial charge in [0.2, 0.25) is 10.0 Å². The zero-order valence-corrected chi connectivity index (χ0v) is 14.9. The Morgan fingerprint density at radius 1 is 1.42 bits per heavy atom. The van der Waals surface area contributed by atoms with Crippen LogP contribution in [0.1, 0.15) is 38.5 Å². The Morgan fingerprint density at radius 2 is 2.05 bits per heavy atom. The molecule has 0 bridgehead atoms. The summed E-state index contributed by atoms with van der Waals surface area (Å²) in [5, 5.41) is 3.02. The second kappa shape index (κ2) is 6.67. The lowest BCUT2D eigenvalue weighted by molar-refractivity contribution is 0.417. The third kappa shape index (κ3) is 4.82. The molecule has 0 radical (unpaired) electrons. The number of rotatable bonds is 7. The highest BCUT2D eigenvalue weighted by atomic mass is 79.9. The molecule has 1 aromatic heterocycles. The molecule has 0 aliphatic heterocycles. The normalized spacial score (nSPS) is 12.9. The molecular weight excluding hydrogens is 348 g/mol. The number of hydrogen-bond donors (Lipinski definition) is 2. The molecule has 7 heteroatoms. The zero-order valence-electron chi connectivity index (χ0n) is 11.7. The Hall–Kier alpha value is 0.0500. The number of hydrogen-bond acceptors (Lipinski definition) is 4. The predicted molar refractivity (Wildman–Crippen MR) is 84.1 cm³/mol. The van der Waals surface area contributed by atoms with Crippen molar-refractivity contribution in [2.45, 2.75) is 50.6 Å². The van der Waals surface area contributed by atoms with Crippen LogP contribution in [-0.4, -0.2) is 21.0 Å². The number of nitrogens with one attached hydrogen (secondary N) is 2. The highest BCUT2D eigenvalue weighted by Crippen LogP contribution is 2.32. The van der Waals surface area contributed by atoms with Crippen LogP contribution in [0.3, 0.4) is 0 Å². The molecule has 0 saturated carbocycles. The lowest BCUT2D eigenvalue weighted by atomic mass is 10.0. The summed E-state index contributed by atoms with van der Waals surface area (Å²) in [5.74, 6) is 0. The van der Waals surface area contributed by atoms with Gasteiger partial charge in [0.25, 0.3) is 0 Å². The van der Waals surface area contributed by atoms with Crippen LogP contribution in [-0.2, 0) is 16.6 Å². The minimum absolute atomic E-state index is 0.326. The van der Waals surface area contributed by atoms with Crippen molar-refractivity contribution in [3.63, 3.8) is 0 Å². The fourth-order valence-electron chi connectivity index (χ4n) is 1.94. The van der Waals surface area contributed by atoms with Gasteiger partial charge >= 0.3 is 0 Å². The monoisotopic (exact) mass is 368 g/mol. The van der Waals surface area contributed by atoms with E-state index in [2.05, 4.69) is 26.0 Å². The molecule has 110 valence electrons. The van der Waals surface area contributed by atoms with Crippen LogP contribution in [0.15, 0.2) is 14.7 Å². The summed E-state index contributed by atoms with van der Waals surface area (Å²) in [6.45, 7) is 6.52. The van der Waals surface area contributed by atoms with Gasteiger partial charge in [0, 0.05) is 17.0 Å². The van der Waals surface area contributed by atoms with Gasteiger partial charge in [-0.15, -0.1) is 11.3 Å². The van der Waals surface area contributed by atoms with Gasteiger partial charge in [-0.25, -0.2) is 13.1 Å². The first-order valence-corrected chi connectivity index (χ1v) is 9.28. The first-order valence-electron chi connectivity index (χ1n) is 6.18. The average Bonchev–Trinajstić information content (AvgIpc) is 2.59. The van der Waals surface area contributed by atoms with E-state index in [9.17, 15) is 8.42 Å². The van der Waals surface area contributed by atoms with Gasteiger partial charge in [0.1, 0.15) is 4.90 Å². The van der Waals surface area contributed by atoms with E-state index in [1.807, 2.05) is 27.8 Å². The van der Waals surface area contributed by atoms with E-state index in [-0.39, 0.29) is 0 Å². The lowest BCUT2D eigenvalue weighted by Gasteiger charge is -2.25. The second-order valence-corrected chi connectivity index (χ2v) is 9.23. The summed E-state index contributed by atoms with van der Waals surface area (Å²) in [6.07, 6.45) is 1.74. The van der Waals surface area contributed by atoms with Crippen LogP contribution in [0.2, 0.25) is 0 Å². The largest absolute Gasteiger partial charge is 0.315 e. The number of halogens is 1. The molecule has 2 N–H and O–H groups in total. The van der Waals surface area contributed by atoms with Gasteiger partial charge in [-0.2, -0.15) is 0 Å². The Kier molecular flexibility index (Phi) is 6.00. The molecular formula is C12H21BrN2O2S2. The molecule has 0 aliphatic rings. The molecule has 0 amide bonds. The third-order valence-corrected chi connectivity index (χ3v) is 6.58. The Labute approximate surface area is 128 Å². The van der Waals surface area contributed by atoms with E-state index in [1.54, 1.807) is 6.07 Å². The summed E-state index contributed by atoms with van der Waals surface area (Å²) in [4.78, 5) is 1.31. The van der Waals surface area contributed by atoms with E-state index < -0.39 is 15.6 Å². The van der Waals surface area contributed by atoms with Crippen molar-refractivity contribution in [3.05, 3.63) is 14.7 Å². The molecule has 0 fully saturated rings. The molecule has 1 rings (SSSR count). The summed E-state index contributed by atoms with van der Waals surface area (Å²) < 4.78 is 28.2. The second-order valence-electron chi connectivity index (χ2n) is 5.12. The Morgan fingerprint density at radius 3 is 2.58 bits per heavy atom. The van der Waals surface area contributed by atoms with Crippen molar-refractivity contribution in [1.29, 1.82) is 0 Å². The standard InChI is InChI=1S/C12H21BrN2O2S2/c1-5-6-12(2,3)15-19(16,17)10-7-9(8-14-4)18-11(10)13/h7,14-15H,5-6,8H2,1-4H3. The summed E-state index contributed by atoms with van der Waals surface area (Å²) in [7, 11) is -1.64. The van der Waals surface area contributed by atoms with Crippen LogP contribution >= 0.6 is 27.3 Å². The van der Waals surface area contributed by atoms with Crippen LogP contribution in [0.4, 0.5) is 0 Å². The van der Waals surface area contributed by atoms with Crippen molar-refractivity contribution >= 4 is 37.3 Å². The van der Waals surface area contributed by atoms with Crippen molar-refractivity contribution in [3.8, 4) is 0 Å². The van der Waals surface area contributed by atoms with E-state index in [0.29, 0.717) is 15.2 Å². The fraction of sp³-hybridized carbons (Fsp3) is 0.667. The quantitative estimate of drug-likeness (QED) is 0.777. The maximum Gasteiger partial charge on any atom is 0.243 e. The van der Waals surface area contributed by atoms with Crippen LogP contribution in [0, 0.1) is 0 Å². The molecule has 0 saturated heterocycles. The van der Waals surface area contributed by atoms with Gasteiger partial charge < -0.3 is 5.32 Å². The molecule has 0 spiro atoms. The van der Waals surface area contributed by atoms with Gasteiger partial charge in [-0.3, -0.25) is 0 Å². The smallest absolute Gasteiger partial charge is 0.243 e. The van der Waals surface area contributed by atoms with Gasteiger partial charge in [-0.05, 0) is 49.3 Å². The molecule has 0 aliphatic carbocycles. The van der Waals surface area contributed by atoms with Gasteiger partial charge in [-0.1, -0.05) is 13.3 Å². The topological polar surface area (TPSA) is 58.2 Å². The highest BCUT2D eigenvalue weighted by Gasteiger charge is 2.28. The van der Waals surface area contributed by atoms with Crippen molar-refractivity contribution in [2.75, 3.05) is 7.05 Å². The molecule has 0 aromatic carbocycles. The minimum Gasteiger partial charge on any atom is -0.315 e. The first-order chi connectivity index (χ1) is 8.72. The maximum absolute atomic E-state index is 12.4. The highest BCUT2D eigenvalue weighted by molar-refractivity contribution is 9.11. The van der Waals surface area contributed by atoms with Crippen LogP contribution in [0.25, 0.3) is 0 Å². The number of sulfonamides is 1. The van der Waals surface area contributed by atoms with E-state index >= 15 is 0 Å². The van der Waals surface area contributed by atoms with Crippen molar-refractivity contribution in [1.82, 2.24) is 10.0 Å². The van der Waals surface area contributed by atoms with Crippen LogP contribution in [0.5, 0.6) is 0 Å². The van der Waals surface area contributed by atoms with Crippen LogP contribution < -0.4 is 10.0 Å². The fourth-order valence-corrected chi connectivity index (χ4v) is 6.07. The van der Waals surface area contributed by atoms with Gasteiger partial charge in [0.15, 0.2) is 0 Å². The molecule has 4 nitrogen and oxygen atoms in total. The van der Waals surface area contributed by atoms with E-state index in [4.69, 9.17) is 0 Å². The van der Waals surface area contributed by atoms with E-state index in [1.165, 1.54) is 11.3 Å². The summed E-state index contributed by atoms with van der Waals surface area (Å²) >= 11 is 4.78. The predicted octanol–water partition coefficient (Wildman–Crippen LogP) is 3.09. The zero-order chi connectivity index (χ0) is 14.7. The molecule has 19 heavy (non-hydrogen) atoms. The Bertz CT molecular complexity index is 524. The summed E-state index contributed by atoms with van der Waals surface area (Å²) in [5.41, 5.74) is -0.432. The molecule has 1 aromatic rings. The molecule has 1 heterocycles. The summed E-state index contributed by atoms with van der Waals surface area (Å²) in [6, 6.07) is 1.72. The molecule has 0 unspecified atom stereocenters. The lowest BCUT2D eigenvalue weighted by Crippen LogP contribution is -2.43. The van der Waals surface area contributed by atoms with E-state index in [0.717, 1.165) is 17.7 Å². The first kappa shape index (κ1) is 17.1.